The Morgan fingerprint density at radius 3 is 2.60 bits per heavy atom. The summed E-state index contributed by atoms with van der Waals surface area (Å²) in [7, 11) is 0. The average molecular weight is 344 g/mol. The van der Waals surface area contributed by atoms with Crippen LogP contribution in [0.3, 0.4) is 0 Å². The van der Waals surface area contributed by atoms with Gasteiger partial charge >= 0.3 is 0 Å². The van der Waals surface area contributed by atoms with Crippen LogP contribution in [0.4, 0.5) is 5.69 Å². The number of rotatable bonds is 9. The Morgan fingerprint density at radius 1 is 1.25 bits per heavy atom. The minimum Gasteiger partial charge on any atom is -0.380 e. The van der Waals surface area contributed by atoms with Crippen molar-refractivity contribution in [3.8, 4) is 0 Å². The molecular formula is C15H26BrN3O. The summed E-state index contributed by atoms with van der Waals surface area (Å²) in [5, 5.41) is 7.70. The number of aryl methyl sites for hydroxylation is 1. The van der Waals surface area contributed by atoms with E-state index in [1.165, 1.54) is 17.5 Å². The van der Waals surface area contributed by atoms with Crippen molar-refractivity contribution in [2.75, 3.05) is 5.32 Å². The van der Waals surface area contributed by atoms with Crippen LogP contribution in [0, 0.1) is 0 Å². The molecule has 0 aromatic carbocycles. The van der Waals surface area contributed by atoms with Crippen LogP contribution in [0.5, 0.6) is 0 Å². The molecule has 0 saturated carbocycles. The molecule has 0 aliphatic rings. The summed E-state index contributed by atoms with van der Waals surface area (Å²) in [4.78, 5) is 12.1. The molecule has 1 N–H and O–H groups in total. The Labute approximate surface area is 130 Å². The van der Waals surface area contributed by atoms with Gasteiger partial charge in [0.05, 0.1) is 11.9 Å². The molecule has 4 nitrogen and oxygen atoms in total. The lowest BCUT2D eigenvalue weighted by molar-refractivity contribution is 0.553. The van der Waals surface area contributed by atoms with Crippen molar-refractivity contribution in [1.29, 1.82) is 0 Å². The molecule has 0 aliphatic carbocycles. The molecule has 114 valence electrons. The van der Waals surface area contributed by atoms with Crippen molar-refractivity contribution in [2.45, 2.75) is 71.9 Å². The van der Waals surface area contributed by atoms with E-state index in [1.807, 2.05) is 6.92 Å². The van der Waals surface area contributed by atoms with Gasteiger partial charge in [0.25, 0.3) is 5.56 Å². The van der Waals surface area contributed by atoms with Gasteiger partial charge in [0.15, 0.2) is 0 Å². The zero-order valence-electron chi connectivity index (χ0n) is 12.8. The number of hydrogen-bond donors (Lipinski definition) is 1. The van der Waals surface area contributed by atoms with Crippen molar-refractivity contribution in [3.05, 3.63) is 21.0 Å². The molecule has 0 amide bonds. The summed E-state index contributed by atoms with van der Waals surface area (Å²) in [6.45, 7) is 7.09. The predicted molar refractivity (Wildman–Crippen MR) is 88.3 cm³/mol. The Morgan fingerprint density at radius 2 is 2.00 bits per heavy atom. The Kier molecular flexibility index (Phi) is 7.88. The normalized spacial score (nSPS) is 12.4. The summed E-state index contributed by atoms with van der Waals surface area (Å²) in [5.74, 6) is 0. The van der Waals surface area contributed by atoms with Gasteiger partial charge in [-0.05, 0) is 35.2 Å². The monoisotopic (exact) mass is 343 g/mol. The molecule has 1 aromatic rings. The maximum atomic E-state index is 12.1. The summed E-state index contributed by atoms with van der Waals surface area (Å²) in [6, 6.07) is 0.416. The van der Waals surface area contributed by atoms with Crippen molar-refractivity contribution < 1.29 is 0 Å². The number of unbranched alkanes of at least 4 members (excludes halogenated alkanes) is 1. The first kappa shape index (κ1) is 17.2. The molecule has 0 aliphatic heterocycles. The second-order valence-corrected chi connectivity index (χ2v) is 5.97. The quantitative estimate of drug-likeness (QED) is 0.731. The first-order chi connectivity index (χ1) is 9.63. The topological polar surface area (TPSA) is 46.9 Å². The van der Waals surface area contributed by atoms with Crippen LogP contribution in [0.15, 0.2) is 15.5 Å². The Bertz CT molecular complexity index is 459. The van der Waals surface area contributed by atoms with Gasteiger partial charge in [-0.15, -0.1) is 0 Å². The van der Waals surface area contributed by atoms with Gasteiger partial charge in [-0.1, -0.05) is 40.0 Å². The molecule has 20 heavy (non-hydrogen) atoms. The number of anilines is 1. The molecule has 5 heteroatoms. The zero-order chi connectivity index (χ0) is 15.0. The Hall–Kier alpha value is -0.840. The summed E-state index contributed by atoms with van der Waals surface area (Å²) >= 11 is 3.41. The summed E-state index contributed by atoms with van der Waals surface area (Å²) < 4.78 is 2.11. The average Bonchev–Trinajstić information content (AvgIpc) is 2.44. The first-order valence-corrected chi connectivity index (χ1v) is 8.45. The number of hydrogen-bond acceptors (Lipinski definition) is 3. The molecule has 0 saturated heterocycles. The number of halogens is 1. The highest BCUT2D eigenvalue weighted by atomic mass is 79.9. The SMILES string of the molecule is CCCCC(CCC)Nc1cnn(CCC)c(=O)c1Br. The van der Waals surface area contributed by atoms with E-state index >= 15 is 0 Å². The zero-order valence-corrected chi connectivity index (χ0v) is 14.4. The van der Waals surface area contributed by atoms with E-state index < -0.39 is 0 Å². The van der Waals surface area contributed by atoms with Crippen molar-refractivity contribution >= 4 is 21.6 Å². The predicted octanol–water partition coefficient (Wildman–Crippen LogP) is 4.19. The van der Waals surface area contributed by atoms with Crippen molar-refractivity contribution in [2.24, 2.45) is 0 Å². The Balaban J connectivity index is 2.84. The lowest BCUT2D eigenvalue weighted by Gasteiger charge is -2.20. The van der Waals surface area contributed by atoms with E-state index in [-0.39, 0.29) is 5.56 Å². The molecule has 1 atom stereocenters. The van der Waals surface area contributed by atoms with E-state index in [2.05, 4.69) is 40.2 Å². The highest BCUT2D eigenvalue weighted by molar-refractivity contribution is 9.10. The molecular weight excluding hydrogens is 318 g/mol. The van der Waals surface area contributed by atoms with Gasteiger partial charge < -0.3 is 5.32 Å². The lowest BCUT2D eigenvalue weighted by Crippen LogP contribution is -2.27. The van der Waals surface area contributed by atoms with E-state index in [1.54, 1.807) is 6.20 Å². The van der Waals surface area contributed by atoms with Gasteiger partial charge in [-0.3, -0.25) is 4.79 Å². The molecule has 0 radical (unpaired) electrons. The largest absolute Gasteiger partial charge is 0.380 e. The third-order valence-electron chi connectivity index (χ3n) is 3.32. The smallest absolute Gasteiger partial charge is 0.283 e. The van der Waals surface area contributed by atoms with Gasteiger partial charge in [-0.2, -0.15) is 5.10 Å². The van der Waals surface area contributed by atoms with Crippen LogP contribution in [-0.2, 0) is 6.54 Å². The van der Waals surface area contributed by atoms with Crippen molar-refractivity contribution in [1.82, 2.24) is 9.78 Å². The van der Waals surface area contributed by atoms with Gasteiger partial charge in [0.2, 0.25) is 0 Å². The van der Waals surface area contributed by atoms with Gasteiger partial charge in [-0.25, -0.2) is 4.68 Å². The lowest BCUT2D eigenvalue weighted by atomic mass is 10.1. The first-order valence-electron chi connectivity index (χ1n) is 7.66. The highest BCUT2D eigenvalue weighted by Gasteiger charge is 2.13. The molecule has 1 rings (SSSR count). The van der Waals surface area contributed by atoms with Crippen LogP contribution in [-0.4, -0.2) is 15.8 Å². The second kappa shape index (κ2) is 9.16. The minimum atomic E-state index is -0.0532. The van der Waals surface area contributed by atoms with Gasteiger partial charge in [0, 0.05) is 12.6 Å². The maximum Gasteiger partial charge on any atom is 0.283 e. The number of aromatic nitrogens is 2. The van der Waals surface area contributed by atoms with E-state index in [0.717, 1.165) is 31.4 Å². The fourth-order valence-corrected chi connectivity index (χ4v) is 2.67. The fraction of sp³-hybridized carbons (Fsp3) is 0.733. The van der Waals surface area contributed by atoms with Gasteiger partial charge in [0.1, 0.15) is 4.47 Å². The van der Waals surface area contributed by atoms with Crippen LogP contribution < -0.4 is 10.9 Å². The molecule has 0 fully saturated rings. The molecule has 1 unspecified atom stereocenters. The summed E-state index contributed by atoms with van der Waals surface area (Å²) in [5.41, 5.74) is 0.763. The highest BCUT2D eigenvalue weighted by Crippen LogP contribution is 2.20. The van der Waals surface area contributed by atoms with Crippen LogP contribution in [0.2, 0.25) is 0 Å². The van der Waals surface area contributed by atoms with E-state index in [0.29, 0.717) is 17.1 Å². The molecule has 1 aromatic heterocycles. The van der Waals surface area contributed by atoms with E-state index in [9.17, 15) is 4.79 Å². The standard InChI is InChI=1S/C15H26BrN3O/c1-4-7-9-12(8-5-2)18-13-11-17-19(10-6-3)15(20)14(13)16/h11-12,18H,4-10H2,1-3H3. The number of nitrogens with one attached hydrogen (secondary N) is 1. The van der Waals surface area contributed by atoms with E-state index in [4.69, 9.17) is 0 Å². The number of nitrogens with zero attached hydrogens (tertiary/aromatic N) is 2. The van der Waals surface area contributed by atoms with Crippen LogP contribution in [0.25, 0.3) is 0 Å². The third kappa shape index (κ3) is 4.93. The fourth-order valence-electron chi connectivity index (χ4n) is 2.24. The van der Waals surface area contributed by atoms with Crippen molar-refractivity contribution in [3.63, 3.8) is 0 Å². The van der Waals surface area contributed by atoms with Crippen LogP contribution in [0.1, 0.15) is 59.3 Å². The maximum absolute atomic E-state index is 12.1. The molecule has 0 bridgehead atoms. The molecule has 1 heterocycles. The minimum absolute atomic E-state index is 0.0532. The summed E-state index contributed by atoms with van der Waals surface area (Å²) in [6.07, 6.45) is 8.45. The second-order valence-electron chi connectivity index (χ2n) is 5.17. The molecule has 0 spiro atoms. The van der Waals surface area contributed by atoms with Crippen LogP contribution >= 0.6 is 15.9 Å². The third-order valence-corrected chi connectivity index (χ3v) is 4.09.